The third-order valence-electron chi connectivity index (χ3n) is 4.58. The number of hydrogen-bond donors (Lipinski definition) is 2. The average molecular weight is 428 g/mol. The molecule has 3 heterocycles. The van der Waals surface area contributed by atoms with E-state index in [-0.39, 0.29) is 17.3 Å². The van der Waals surface area contributed by atoms with Crippen molar-refractivity contribution in [3.8, 4) is 11.5 Å². The number of amides is 2. The summed E-state index contributed by atoms with van der Waals surface area (Å²) < 4.78 is 1.89. The fourth-order valence-corrected chi connectivity index (χ4v) is 3.02. The summed E-state index contributed by atoms with van der Waals surface area (Å²) in [6.45, 7) is 4.04. The Labute approximate surface area is 183 Å². The zero-order valence-electron chi connectivity index (χ0n) is 17.4. The van der Waals surface area contributed by atoms with Gasteiger partial charge in [-0.1, -0.05) is 18.2 Å². The molecule has 2 amide bonds. The third kappa shape index (κ3) is 4.48. The smallest absolute Gasteiger partial charge is 0.274 e. The molecule has 10 heteroatoms. The maximum Gasteiger partial charge on any atom is 0.274 e. The molecule has 0 fully saturated rings. The molecule has 0 saturated carbocycles. The Morgan fingerprint density at radius 2 is 1.81 bits per heavy atom. The molecule has 0 saturated heterocycles. The molecule has 0 aliphatic rings. The van der Waals surface area contributed by atoms with E-state index in [4.69, 9.17) is 0 Å². The van der Waals surface area contributed by atoms with E-state index in [2.05, 4.69) is 35.8 Å². The Kier molecular flexibility index (Phi) is 5.93. The highest BCUT2D eigenvalue weighted by Crippen LogP contribution is 2.21. The summed E-state index contributed by atoms with van der Waals surface area (Å²) in [6.07, 6.45) is 4.40. The van der Waals surface area contributed by atoms with Crippen molar-refractivity contribution in [2.45, 2.75) is 19.9 Å². The van der Waals surface area contributed by atoms with Crippen molar-refractivity contribution in [3.63, 3.8) is 0 Å². The van der Waals surface area contributed by atoms with Crippen LogP contribution in [-0.4, -0.2) is 41.5 Å². The second kappa shape index (κ2) is 9.13. The molecule has 0 atom stereocenters. The molecule has 0 radical (unpaired) electrons. The van der Waals surface area contributed by atoms with Crippen LogP contribution in [-0.2, 0) is 0 Å². The summed E-state index contributed by atoms with van der Waals surface area (Å²) in [5, 5.41) is 13.6. The Morgan fingerprint density at radius 1 is 0.969 bits per heavy atom. The lowest BCUT2D eigenvalue weighted by Gasteiger charge is -2.12. The number of carbonyl (C=O) groups excluding carboxylic acids is 2. The van der Waals surface area contributed by atoms with Gasteiger partial charge < -0.3 is 15.2 Å². The van der Waals surface area contributed by atoms with Gasteiger partial charge in [-0.2, -0.15) is 0 Å². The molecule has 3 aromatic heterocycles. The van der Waals surface area contributed by atoms with Crippen molar-refractivity contribution >= 4 is 23.3 Å². The number of hydrogen-bond acceptors (Lipinski definition) is 7. The van der Waals surface area contributed by atoms with Gasteiger partial charge in [-0.3, -0.25) is 9.59 Å². The molecule has 0 aliphatic heterocycles. The fraction of sp³-hybridized carbons (Fsp3) is 0.136. The average Bonchev–Trinajstić information content (AvgIpc) is 3.31. The lowest BCUT2D eigenvalue weighted by Crippen LogP contribution is -2.19. The Hall–Kier alpha value is -4.47. The van der Waals surface area contributed by atoms with Gasteiger partial charge in [0.2, 0.25) is 0 Å². The molecule has 0 aliphatic carbocycles. The van der Waals surface area contributed by atoms with Gasteiger partial charge in [0, 0.05) is 12.2 Å². The van der Waals surface area contributed by atoms with E-state index < -0.39 is 11.8 Å². The molecule has 1 aromatic carbocycles. The van der Waals surface area contributed by atoms with Crippen LogP contribution in [0.15, 0.2) is 67.4 Å². The summed E-state index contributed by atoms with van der Waals surface area (Å²) in [7, 11) is 0. The number of anilines is 2. The minimum Gasteiger partial charge on any atom is -0.320 e. The van der Waals surface area contributed by atoms with Gasteiger partial charge in [-0.05, 0) is 44.2 Å². The SMILES string of the molecule is CC(C)n1cnnc1-c1cccc(NC(=O)c2ccccc2NC(=O)c2ccncn2)n1. The van der Waals surface area contributed by atoms with Gasteiger partial charge in [0.25, 0.3) is 11.8 Å². The van der Waals surface area contributed by atoms with Crippen LogP contribution in [0, 0.1) is 0 Å². The second-order valence-corrected chi connectivity index (χ2v) is 7.11. The second-order valence-electron chi connectivity index (χ2n) is 7.11. The first-order valence-electron chi connectivity index (χ1n) is 9.87. The molecular weight excluding hydrogens is 408 g/mol. The van der Waals surface area contributed by atoms with E-state index in [1.54, 1.807) is 48.8 Å². The molecule has 4 rings (SSSR count). The maximum absolute atomic E-state index is 13.0. The minimum atomic E-state index is -0.444. The van der Waals surface area contributed by atoms with Crippen molar-refractivity contribution in [1.82, 2.24) is 29.7 Å². The van der Waals surface area contributed by atoms with Crippen molar-refractivity contribution in [2.75, 3.05) is 10.6 Å². The number of nitrogens with zero attached hydrogens (tertiary/aromatic N) is 6. The molecule has 160 valence electrons. The van der Waals surface area contributed by atoms with Gasteiger partial charge in [-0.25, -0.2) is 15.0 Å². The number of nitrogens with one attached hydrogen (secondary N) is 2. The highest BCUT2D eigenvalue weighted by atomic mass is 16.2. The predicted molar refractivity (Wildman–Crippen MR) is 118 cm³/mol. The van der Waals surface area contributed by atoms with Gasteiger partial charge in [0.15, 0.2) is 5.82 Å². The highest BCUT2D eigenvalue weighted by Gasteiger charge is 2.16. The van der Waals surface area contributed by atoms with E-state index >= 15 is 0 Å². The lowest BCUT2D eigenvalue weighted by molar-refractivity contribution is 0.102. The molecule has 0 unspecified atom stereocenters. The zero-order chi connectivity index (χ0) is 22.5. The molecule has 32 heavy (non-hydrogen) atoms. The van der Waals surface area contributed by atoms with E-state index in [1.807, 2.05) is 18.4 Å². The molecule has 2 N–H and O–H groups in total. The summed E-state index contributed by atoms with van der Waals surface area (Å²) in [5.74, 6) is 0.0932. The van der Waals surface area contributed by atoms with Crippen LogP contribution in [0.2, 0.25) is 0 Å². The normalized spacial score (nSPS) is 10.7. The van der Waals surface area contributed by atoms with Gasteiger partial charge in [0.1, 0.15) is 29.9 Å². The number of rotatable bonds is 6. The van der Waals surface area contributed by atoms with Crippen LogP contribution in [0.25, 0.3) is 11.5 Å². The number of carbonyl (C=O) groups is 2. The van der Waals surface area contributed by atoms with Crippen molar-refractivity contribution in [1.29, 1.82) is 0 Å². The number of para-hydroxylation sites is 1. The monoisotopic (exact) mass is 428 g/mol. The molecule has 0 spiro atoms. The summed E-state index contributed by atoms with van der Waals surface area (Å²) in [4.78, 5) is 37.6. The van der Waals surface area contributed by atoms with Crippen LogP contribution in [0.3, 0.4) is 0 Å². The molecule has 0 bridgehead atoms. The van der Waals surface area contributed by atoms with Crippen LogP contribution < -0.4 is 10.6 Å². The maximum atomic E-state index is 13.0. The van der Waals surface area contributed by atoms with E-state index in [1.165, 1.54) is 18.6 Å². The standard InChI is InChI=1S/C22H20N8O2/c1-14(2)30-13-25-29-20(30)17-8-5-9-19(26-17)28-21(31)15-6-3-4-7-16(15)27-22(32)18-10-11-23-12-24-18/h3-14H,1-2H3,(H,27,32)(H,26,28,31). The highest BCUT2D eigenvalue weighted by molar-refractivity contribution is 6.11. The Morgan fingerprint density at radius 3 is 2.59 bits per heavy atom. The number of benzene rings is 1. The zero-order valence-corrected chi connectivity index (χ0v) is 17.4. The van der Waals surface area contributed by atoms with Crippen LogP contribution in [0.4, 0.5) is 11.5 Å². The summed E-state index contributed by atoms with van der Waals surface area (Å²) >= 11 is 0. The first-order valence-corrected chi connectivity index (χ1v) is 9.87. The first-order chi connectivity index (χ1) is 15.5. The first kappa shape index (κ1) is 20.8. The minimum absolute atomic E-state index is 0.158. The summed E-state index contributed by atoms with van der Waals surface area (Å²) in [6, 6.07) is 13.6. The fourth-order valence-electron chi connectivity index (χ4n) is 3.02. The van der Waals surface area contributed by atoms with E-state index in [0.29, 0.717) is 23.0 Å². The van der Waals surface area contributed by atoms with Crippen molar-refractivity contribution < 1.29 is 9.59 Å². The number of aromatic nitrogens is 6. The van der Waals surface area contributed by atoms with Crippen molar-refractivity contribution in [3.05, 3.63) is 78.6 Å². The van der Waals surface area contributed by atoms with Crippen LogP contribution in [0.5, 0.6) is 0 Å². The van der Waals surface area contributed by atoms with Gasteiger partial charge in [0.05, 0.1) is 11.3 Å². The largest absolute Gasteiger partial charge is 0.320 e. The van der Waals surface area contributed by atoms with Crippen LogP contribution in [0.1, 0.15) is 40.7 Å². The Balaban J connectivity index is 1.55. The van der Waals surface area contributed by atoms with Crippen LogP contribution >= 0.6 is 0 Å². The molecule has 4 aromatic rings. The topological polar surface area (TPSA) is 128 Å². The quantitative estimate of drug-likeness (QED) is 0.483. The predicted octanol–water partition coefficient (Wildman–Crippen LogP) is 3.22. The lowest BCUT2D eigenvalue weighted by atomic mass is 10.1. The van der Waals surface area contributed by atoms with E-state index in [9.17, 15) is 9.59 Å². The summed E-state index contributed by atoms with van der Waals surface area (Å²) in [5.41, 5.74) is 1.41. The van der Waals surface area contributed by atoms with Gasteiger partial charge >= 0.3 is 0 Å². The molecule has 10 nitrogen and oxygen atoms in total. The molecular formula is C22H20N8O2. The van der Waals surface area contributed by atoms with Crippen molar-refractivity contribution in [2.24, 2.45) is 0 Å². The number of pyridine rings is 1. The van der Waals surface area contributed by atoms with Gasteiger partial charge in [-0.15, -0.1) is 10.2 Å². The van der Waals surface area contributed by atoms with E-state index in [0.717, 1.165) is 0 Å². The Bertz CT molecular complexity index is 1250. The third-order valence-corrected chi connectivity index (χ3v) is 4.58.